The van der Waals surface area contributed by atoms with Crippen molar-refractivity contribution in [3.05, 3.63) is 84.0 Å². The molecule has 4 aromatic rings. The fourth-order valence-corrected chi connectivity index (χ4v) is 2.79. The van der Waals surface area contributed by atoms with Crippen LogP contribution >= 0.6 is 11.6 Å². The Bertz CT molecular complexity index is 981. The second kappa shape index (κ2) is 5.82. The minimum Gasteiger partial charge on any atom is -0.236 e. The lowest BCUT2D eigenvalue weighted by Gasteiger charge is -2.06. The van der Waals surface area contributed by atoms with Crippen LogP contribution < -0.4 is 0 Å². The van der Waals surface area contributed by atoms with E-state index in [0.717, 1.165) is 32.6 Å². The molecule has 0 aliphatic carbocycles. The van der Waals surface area contributed by atoms with Gasteiger partial charge >= 0.3 is 0 Å². The Hall–Kier alpha value is -2.71. The van der Waals surface area contributed by atoms with Crippen LogP contribution in [0.25, 0.3) is 33.4 Å². The molecule has 0 saturated carbocycles. The Kier molecular flexibility index (Phi) is 3.52. The molecule has 0 unspecified atom stereocenters. The first-order valence-corrected chi connectivity index (χ1v) is 7.68. The molecule has 0 aliphatic rings. The predicted octanol–water partition coefficient (Wildman–Crippen LogP) is 5.42. The molecule has 3 aromatic carbocycles. The highest BCUT2D eigenvalue weighted by Gasteiger charge is 2.07. The second-order valence-corrected chi connectivity index (χ2v) is 5.64. The largest absolute Gasteiger partial charge is 0.236 e. The molecule has 0 bridgehead atoms. The summed E-state index contributed by atoms with van der Waals surface area (Å²) in [7, 11) is 0. The first kappa shape index (κ1) is 13.9. The standard InChI is InChI=1S/C20H12ClN2/c21-18-9-5-4-8-17(18)15-10-11-19-16(12-15)13-22-20(23-19)14-6-2-1-3-7-14/h1-10,12-13H. The zero-order valence-electron chi connectivity index (χ0n) is 12.2. The second-order valence-electron chi connectivity index (χ2n) is 5.23. The fourth-order valence-electron chi connectivity index (χ4n) is 2.54. The van der Waals surface area contributed by atoms with Crippen molar-refractivity contribution in [2.24, 2.45) is 0 Å². The highest BCUT2D eigenvalue weighted by Crippen LogP contribution is 2.29. The van der Waals surface area contributed by atoms with Gasteiger partial charge in [0.2, 0.25) is 0 Å². The molecule has 109 valence electrons. The lowest BCUT2D eigenvalue weighted by Crippen LogP contribution is -1.90. The van der Waals surface area contributed by atoms with Gasteiger partial charge in [-0.15, -0.1) is 0 Å². The summed E-state index contributed by atoms with van der Waals surface area (Å²) >= 11 is 6.27. The van der Waals surface area contributed by atoms with Crippen molar-refractivity contribution in [1.29, 1.82) is 0 Å². The predicted molar refractivity (Wildman–Crippen MR) is 94.3 cm³/mol. The third kappa shape index (κ3) is 2.69. The maximum absolute atomic E-state index is 6.27. The number of rotatable bonds is 2. The summed E-state index contributed by atoms with van der Waals surface area (Å²) < 4.78 is 0. The Balaban J connectivity index is 1.81. The van der Waals surface area contributed by atoms with Crippen molar-refractivity contribution >= 4 is 22.5 Å². The summed E-state index contributed by atoms with van der Waals surface area (Å²) in [6.45, 7) is 0. The van der Waals surface area contributed by atoms with Crippen molar-refractivity contribution in [2.75, 3.05) is 0 Å². The van der Waals surface area contributed by atoms with Crippen molar-refractivity contribution < 1.29 is 0 Å². The summed E-state index contributed by atoms with van der Waals surface area (Å²) in [4.78, 5) is 9.07. The Morgan fingerprint density at radius 2 is 1.65 bits per heavy atom. The van der Waals surface area contributed by atoms with Gasteiger partial charge in [-0.1, -0.05) is 60.1 Å². The van der Waals surface area contributed by atoms with Gasteiger partial charge in [0.25, 0.3) is 0 Å². The van der Waals surface area contributed by atoms with Gasteiger partial charge in [-0.2, -0.15) is 0 Å². The highest BCUT2D eigenvalue weighted by molar-refractivity contribution is 6.33. The van der Waals surface area contributed by atoms with Gasteiger partial charge in [0.15, 0.2) is 5.82 Å². The highest BCUT2D eigenvalue weighted by atomic mass is 35.5. The molecular formula is C20H12ClN2. The molecule has 3 heteroatoms. The van der Waals surface area contributed by atoms with E-state index >= 15 is 0 Å². The maximum Gasteiger partial charge on any atom is 0.159 e. The number of halogens is 1. The quantitative estimate of drug-likeness (QED) is 0.494. The fraction of sp³-hybridized carbons (Fsp3) is 0. The van der Waals surface area contributed by atoms with E-state index in [1.54, 1.807) is 0 Å². The molecule has 23 heavy (non-hydrogen) atoms. The number of hydrogen-bond donors (Lipinski definition) is 0. The maximum atomic E-state index is 6.27. The normalized spacial score (nSPS) is 10.8. The van der Waals surface area contributed by atoms with Crippen LogP contribution in [-0.2, 0) is 0 Å². The van der Waals surface area contributed by atoms with Crippen LogP contribution in [0.3, 0.4) is 0 Å². The molecular weight excluding hydrogens is 304 g/mol. The van der Waals surface area contributed by atoms with Crippen molar-refractivity contribution in [3.8, 4) is 22.5 Å². The summed E-state index contributed by atoms with van der Waals surface area (Å²) in [5, 5.41) is 1.67. The summed E-state index contributed by atoms with van der Waals surface area (Å²) in [5.41, 5.74) is 3.80. The van der Waals surface area contributed by atoms with E-state index in [4.69, 9.17) is 11.6 Å². The molecule has 0 aliphatic heterocycles. The van der Waals surface area contributed by atoms with Crippen LogP contribution in [-0.4, -0.2) is 9.97 Å². The molecule has 1 aromatic heterocycles. The lowest BCUT2D eigenvalue weighted by atomic mass is 10.0. The Labute approximate surface area is 139 Å². The van der Waals surface area contributed by atoms with Crippen LogP contribution in [0, 0.1) is 6.07 Å². The van der Waals surface area contributed by atoms with Crippen molar-refractivity contribution in [3.63, 3.8) is 0 Å². The third-order valence-electron chi connectivity index (χ3n) is 3.71. The lowest BCUT2D eigenvalue weighted by molar-refractivity contribution is 1.23. The Morgan fingerprint density at radius 1 is 0.870 bits per heavy atom. The third-order valence-corrected chi connectivity index (χ3v) is 4.04. The average Bonchev–Trinajstić information content (AvgIpc) is 2.62. The topological polar surface area (TPSA) is 25.8 Å². The van der Waals surface area contributed by atoms with Crippen LogP contribution in [0.2, 0.25) is 5.02 Å². The number of benzene rings is 3. The molecule has 1 heterocycles. The molecule has 2 nitrogen and oxygen atoms in total. The van der Waals surface area contributed by atoms with Gasteiger partial charge in [0.05, 0.1) is 5.52 Å². The first-order chi connectivity index (χ1) is 11.3. The zero-order valence-corrected chi connectivity index (χ0v) is 13.0. The molecule has 0 fully saturated rings. The molecule has 0 N–H and O–H groups in total. The molecule has 0 amide bonds. The molecule has 0 saturated heterocycles. The smallest absolute Gasteiger partial charge is 0.159 e. The van der Waals surface area contributed by atoms with Crippen molar-refractivity contribution in [1.82, 2.24) is 9.97 Å². The zero-order chi connectivity index (χ0) is 15.6. The van der Waals surface area contributed by atoms with E-state index in [2.05, 4.69) is 16.0 Å². The van der Waals surface area contributed by atoms with Crippen LogP contribution in [0.5, 0.6) is 0 Å². The van der Waals surface area contributed by atoms with Crippen LogP contribution in [0.4, 0.5) is 0 Å². The number of aromatic nitrogens is 2. The van der Waals surface area contributed by atoms with E-state index in [0.29, 0.717) is 5.82 Å². The SMILES string of the molecule is Clc1ccccc1-c1c[c]c2nc(-c3ccccc3)ncc2c1. The molecule has 0 atom stereocenters. The number of hydrogen-bond acceptors (Lipinski definition) is 2. The van der Waals surface area contributed by atoms with Gasteiger partial charge in [0.1, 0.15) is 0 Å². The van der Waals surface area contributed by atoms with Gasteiger partial charge in [0, 0.05) is 33.8 Å². The van der Waals surface area contributed by atoms with E-state index in [9.17, 15) is 0 Å². The van der Waals surface area contributed by atoms with E-state index in [1.165, 1.54) is 0 Å². The summed E-state index contributed by atoms with van der Waals surface area (Å²) in [6, 6.07) is 24.9. The van der Waals surface area contributed by atoms with Gasteiger partial charge < -0.3 is 0 Å². The monoisotopic (exact) mass is 315 g/mol. The molecule has 0 spiro atoms. The number of fused-ring (bicyclic) bond motifs is 1. The average molecular weight is 316 g/mol. The van der Waals surface area contributed by atoms with Crippen LogP contribution in [0.15, 0.2) is 72.9 Å². The van der Waals surface area contributed by atoms with Crippen molar-refractivity contribution in [2.45, 2.75) is 0 Å². The summed E-state index contributed by atoms with van der Waals surface area (Å²) in [6.07, 6.45) is 1.83. The molecule has 4 rings (SSSR count). The first-order valence-electron chi connectivity index (χ1n) is 7.30. The minimum absolute atomic E-state index is 0.708. The van der Waals surface area contributed by atoms with Gasteiger partial charge in [-0.25, -0.2) is 9.97 Å². The van der Waals surface area contributed by atoms with Gasteiger partial charge in [-0.3, -0.25) is 0 Å². The molecule has 1 radical (unpaired) electrons. The van der Waals surface area contributed by atoms with Crippen LogP contribution in [0.1, 0.15) is 0 Å². The summed E-state index contributed by atoms with van der Waals surface area (Å²) in [5.74, 6) is 0.708. The minimum atomic E-state index is 0.708. The van der Waals surface area contributed by atoms with Gasteiger partial charge in [-0.05, 0) is 23.8 Å². The van der Waals surface area contributed by atoms with E-state index in [1.807, 2.05) is 72.9 Å². The number of nitrogens with zero attached hydrogens (tertiary/aromatic N) is 2. The van der Waals surface area contributed by atoms with E-state index in [-0.39, 0.29) is 0 Å². The van der Waals surface area contributed by atoms with E-state index < -0.39 is 0 Å². The Morgan fingerprint density at radius 3 is 2.48 bits per heavy atom.